The Balaban J connectivity index is 2.55. The Hall–Kier alpha value is -3.18. The van der Waals surface area contributed by atoms with Crippen molar-refractivity contribution < 1.29 is 30.0 Å². The van der Waals surface area contributed by atoms with Gasteiger partial charge in [-0.05, 0) is 76.9 Å². The minimum atomic E-state index is -0.957. The zero-order chi connectivity index (χ0) is 28.8. The number of carbonyl (C=O) groups excluding carboxylic acids is 2. The standard InChI is InChI=1S/C28H42N4O6/c1-27(2,3)30-15-23(35)17-7-9-21(33)19(13-17)32(26(38)12-11-25(29)37)20-14-18(8-10-22(20)34)24(36)16-31-28(4,5)6/h7-10,13-14,23-24,30-31,33-36H,11-12,15-16H2,1-6H3,(H2,29,37). The first-order chi connectivity index (χ1) is 17.5. The molecule has 0 saturated heterocycles. The van der Waals surface area contributed by atoms with Crippen molar-refractivity contribution in [3.63, 3.8) is 0 Å². The zero-order valence-electron chi connectivity index (χ0n) is 23.1. The van der Waals surface area contributed by atoms with E-state index in [1.54, 1.807) is 0 Å². The van der Waals surface area contributed by atoms with E-state index >= 15 is 0 Å². The van der Waals surface area contributed by atoms with Gasteiger partial charge in [-0.1, -0.05) is 12.1 Å². The third-order valence-electron chi connectivity index (χ3n) is 5.74. The second-order valence-corrected chi connectivity index (χ2v) is 11.5. The van der Waals surface area contributed by atoms with Crippen LogP contribution in [-0.2, 0) is 9.59 Å². The van der Waals surface area contributed by atoms with Gasteiger partial charge < -0.3 is 36.8 Å². The molecular weight excluding hydrogens is 488 g/mol. The van der Waals surface area contributed by atoms with Crippen LogP contribution in [0.2, 0.25) is 0 Å². The van der Waals surface area contributed by atoms with Gasteiger partial charge in [0.15, 0.2) is 0 Å². The predicted octanol–water partition coefficient (Wildman–Crippen LogP) is 2.87. The van der Waals surface area contributed by atoms with E-state index in [1.807, 2.05) is 41.5 Å². The van der Waals surface area contributed by atoms with E-state index in [0.717, 1.165) is 4.90 Å². The van der Waals surface area contributed by atoms with Crippen LogP contribution >= 0.6 is 0 Å². The number of aliphatic hydroxyl groups is 2. The van der Waals surface area contributed by atoms with Crippen molar-refractivity contribution in [2.24, 2.45) is 5.73 Å². The topological polar surface area (TPSA) is 168 Å². The van der Waals surface area contributed by atoms with E-state index in [-0.39, 0.29) is 59.9 Å². The minimum absolute atomic E-state index is 0.00142. The summed E-state index contributed by atoms with van der Waals surface area (Å²) in [6.45, 7) is 12.2. The number of β-amino-alcohol motifs (C(OH)–C–C–N with tert-alkyl or cyclic N) is 2. The van der Waals surface area contributed by atoms with Gasteiger partial charge in [0.1, 0.15) is 11.5 Å². The number of nitrogens with zero attached hydrogens (tertiary/aromatic N) is 1. The number of nitrogens with one attached hydrogen (secondary N) is 2. The molecule has 2 rings (SSSR count). The molecule has 0 aliphatic rings. The third kappa shape index (κ3) is 9.29. The van der Waals surface area contributed by atoms with Gasteiger partial charge in [0, 0.05) is 37.0 Å². The van der Waals surface area contributed by atoms with Gasteiger partial charge in [-0.25, -0.2) is 0 Å². The summed E-state index contributed by atoms with van der Waals surface area (Å²) in [6.07, 6.45) is -2.44. The molecule has 0 fully saturated rings. The van der Waals surface area contributed by atoms with E-state index < -0.39 is 24.0 Å². The van der Waals surface area contributed by atoms with Crippen LogP contribution < -0.4 is 21.3 Å². The number of primary amides is 1. The van der Waals surface area contributed by atoms with Crippen LogP contribution in [0.15, 0.2) is 36.4 Å². The number of phenols is 2. The van der Waals surface area contributed by atoms with Gasteiger partial charge in [-0.15, -0.1) is 0 Å². The summed E-state index contributed by atoms with van der Waals surface area (Å²) < 4.78 is 0. The molecule has 0 heterocycles. The molecule has 2 aromatic rings. The van der Waals surface area contributed by atoms with Crippen LogP contribution in [0.4, 0.5) is 11.4 Å². The second-order valence-electron chi connectivity index (χ2n) is 11.5. The summed E-state index contributed by atoms with van der Waals surface area (Å²) in [5.74, 6) is -1.86. The number of anilines is 2. The Kier molecular flexibility index (Phi) is 10.3. The quantitative estimate of drug-likeness (QED) is 0.233. The van der Waals surface area contributed by atoms with Crippen molar-refractivity contribution in [3.05, 3.63) is 47.5 Å². The number of hydrogen-bond donors (Lipinski definition) is 7. The molecule has 0 bridgehead atoms. The van der Waals surface area contributed by atoms with Crippen LogP contribution in [0.25, 0.3) is 0 Å². The Morgan fingerprint density at radius 1 is 0.789 bits per heavy atom. The average molecular weight is 531 g/mol. The van der Waals surface area contributed by atoms with E-state index in [0.29, 0.717) is 11.1 Å². The van der Waals surface area contributed by atoms with Gasteiger partial charge in [0.05, 0.1) is 23.6 Å². The monoisotopic (exact) mass is 530 g/mol. The van der Waals surface area contributed by atoms with Crippen LogP contribution in [0.5, 0.6) is 11.5 Å². The molecule has 38 heavy (non-hydrogen) atoms. The highest BCUT2D eigenvalue weighted by Crippen LogP contribution is 2.41. The molecule has 2 aromatic carbocycles. The Morgan fingerprint density at radius 3 is 1.53 bits per heavy atom. The molecule has 0 aromatic heterocycles. The van der Waals surface area contributed by atoms with E-state index in [4.69, 9.17) is 5.73 Å². The second kappa shape index (κ2) is 12.6. The first kappa shape index (κ1) is 31.0. The largest absolute Gasteiger partial charge is 0.506 e. The predicted molar refractivity (Wildman–Crippen MR) is 147 cm³/mol. The Bertz CT molecular complexity index is 1050. The molecule has 210 valence electrons. The molecule has 10 heteroatoms. The van der Waals surface area contributed by atoms with Gasteiger partial charge in [-0.3, -0.25) is 14.5 Å². The molecule has 0 aliphatic heterocycles. The number of carbonyl (C=O) groups is 2. The SMILES string of the molecule is CC(C)(C)NCC(O)c1ccc(O)c(N(C(=O)CCC(N)=O)c2cc(C(O)CNC(C)(C)C)ccc2O)c1. The van der Waals surface area contributed by atoms with E-state index in [1.165, 1.54) is 36.4 Å². The fourth-order valence-corrected chi connectivity index (χ4v) is 3.64. The molecule has 2 amide bonds. The number of aliphatic hydroxyl groups excluding tert-OH is 2. The number of amides is 2. The Morgan fingerprint density at radius 2 is 1.18 bits per heavy atom. The van der Waals surface area contributed by atoms with Crippen molar-refractivity contribution >= 4 is 23.2 Å². The fourth-order valence-electron chi connectivity index (χ4n) is 3.64. The van der Waals surface area contributed by atoms with Crippen molar-refractivity contribution in [3.8, 4) is 11.5 Å². The van der Waals surface area contributed by atoms with Crippen LogP contribution in [0, 0.1) is 0 Å². The summed E-state index contributed by atoms with van der Waals surface area (Å²) in [6, 6.07) is 8.69. The molecule has 0 saturated carbocycles. The lowest BCUT2D eigenvalue weighted by molar-refractivity contribution is -0.123. The number of rotatable bonds is 11. The molecule has 0 aliphatic carbocycles. The minimum Gasteiger partial charge on any atom is -0.506 e. The highest BCUT2D eigenvalue weighted by Gasteiger charge is 2.27. The zero-order valence-corrected chi connectivity index (χ0v) is 23.1. The average Bonchev–Trinajstić information content (AvgIpc) is 2.81. The molecule has 8 N–H and O–H groups in total. The first-order valence-electron chi connectivity index (χ1n) is 12.6. The summed E-state index contributed by atoms with van der Waals surface area (Å²) in [4.78, 5) is 25.9. The lowest BCUT2D eigenvalue weighted by Gasteiger charge is -2.28. The summed E-state index contributed by atoms with van der Waals surface area (Å²) in [5.41, 5.74) is 5.62. The molecule has 0 radical (unpaired) electrons. The smallest absolute Gasteiger partial charge is 0.232 e. The number of phenolic OH excluding ortho intramolecular Hbond substituents is 2. The van der Waals surface area contributed by atoms with Crippen LogP contribution in [0.1, 0.15) is 77.7 Å². The third-order valence-corrected chi connectivity index (χ3v) is 5.74. The van der Waals surface area contributed by atoms with Crippen LogP contribution in [-0.4, -0.2) is 56.4 Å². The van der Waals surface area contributed by atoms with Crippen molar-refractivity contribution in [2.75, 3.05) is 18.0 Å². The van der Waals surface area contributed by atoms with Crippen molar-refractivity contribution in [2.45, 2.75) is 77.7 Å². The van der Waals surface area contributed by atoms with Gasteiger partial charge in [-0.2, -0.15) is 0 Å². The van der Waals surface area contributed by atoms with E-state index in [9.17, 15) is 30.0 Å². The number of hydrogen-bond acceptors (Lipinski definition) is 8. The van der Waals surface area contributed by atoms with E-state index in [2.05, 4.69) is 10.6 Å². The summed E-state index contributed by atoms with van der Waals surface area (Å²) >= 11 is 0. The molecule has 2 unspecified atom stereocenters. The Labute approximate surface area is 224 Å². The maximum Gasteiger partial charge on any atom is 0.232 e. The van der Waals surface area contributed by atoms with Crippen molar-refractivity contribution in [1.82, 2.24) is 10.6 Å². The maximum atomic E-state index is 13.4. The van der Waals surface area contributed by atoms with Crippen LogP contribution in [0.3, 0.4) is 0 Å². The maximum absolute atomic E-state index is 13.4. The molecule has 0 spiro atoms. The molecule has 2 atom stereocenters. The van der Waals surface area contributed by atoms with Gasteiger partial charge in [0.2, 0.25) is 11.8 Å². The highest BCUT2D eigenvalue weighted by atomic mass is 16.3. The number of benzene rings is 2. The summed E-state index contributed by atoms with van der Waals surface area (Å²) in [7, 11) is 0. The first-order valence-corrected chi connectivity index (χ1v) is 12.6. The van der Waals surface area contributed by atoms with Crippen molar-refractivity contribution in [1.29, 1.82) is 0 Å². The lowest BCUT2D eigenvalue weighted by Crippen LogP contribution is -2.38. The van der Waals surface area contributed by atoms with Gasteiger partial charge in [0.25, 0.3) is 0 Å². The molecule has 10 nitrogen and oxygen atoms in total. The fraction of sp³-hybridized carbons (Fsp3) is 0.500. The van der Waals surface area contributed by atoms with Gasteiger partial charge >= 0.3 is 0 Å². The normalized spacial score (nSPS) is 13.7. The number of nitrogens with two attached hydrogens (primary N) is 1. The molecular formula is C28H42N4O6. The lowest BCUT2D eigenvalue weighted by atomic mass is 10.0. The summed E-state index contributed by atoms with van der Waals surface area (Å²) in [5, 5.41) is 49.4. The highest BCUT2D eigenvalue weighted by molar-refractivity contribution is 6.04. The number of aromatic hydroxyl groups is 2.